The van der Waals surface area contributed by atoms with Gasteiger partial charge in [-0.05, 0) is 33.6 Å². The standard InChI is InChI=1S/C13H24ClNO4/c1-8(2)10(11(16)18-7-14)9(3)15-12(17)19-13(4,5)6/h8-10H,7H2,1-6H3,(H,15,17). The summed E-state index contributed by atoms with van der Waals surface area (Å²) in [6.07, 6.45) is -0.552. The van der Waals surface area contributed by atoms with Crippen LogP contribution in [0, 0.1) is 11.8 Å². The summed E-state index contributed by atoms with van der Waals surface area (Å²) in [6, 6.07) is -0.591. The van der Waals surface area contributed by atoms with Crippen molar-refractivity contribution in [3.05, 3.63) is 0 Å². The van der Waals surface area contributed by atoms with Crippen LogP contribution in [0.2, 0.25) is 0 Å². The molecule has 0 spiro atoms. The molecule has 0 saturated heterocycles. The van der Waals surface area contributed by atoms with Gasteiger partial charge in [0.15, 0.2) is 6.07 Å². The number of esters is 1. The van der Waals surface area contributed by atoms with Crippen LogP contribution in [0.25, 0.3) is 0 Å². The molecule has 19 heavy (non-hydrogen) atoms. The van der Waals surface area contributed by atoms with E-state index in [2.05, 4.69) is 5.32 Å². The highest BCUT2D eigenvalue weighted by Gasteiger charge is 2.31. The SMILES string of the molecule is CC(C)C(C(=O)OCCl)C(C)NC(=O)OC(C)(C)C. The summed E-state index contributed by atoms with van der Waals surface area (Å²) in [7, 11) is 0. The molecule has 0 bridgehead atoms. The number of carbonyl (C=O) groups is 2. The fourth-order valence-electron chi connectivity index (χ4n) is 1.79. The summed E-state index contributed by atoms with van der Waals surface area (Å²) in [6.45, 7) is 10.8. The molecule has 0 aliphatic heterocycles. The van der Waals surface area contributed by atoms with Gasteiger partial charge in [0.25, 0.3) is 0 Å². The Bertz CT molecular complexity index is 312. The van der Waals surface area contributed by atoms with Crippen molar-refractivity contribution in [2.75, 3.05) is 6.07 Å². The van der Waals surface area contributed by atoms with Gasteiger partial charge in [-0.2, -0.15) is 0 Å². The lowest BCUT2D eigenvalue weighted by atomic mass is 9.89. The van der Waals surface area contributed by atoms with Crippen LogP contribution in [-0.4, -0.2) is 29.8 Å². The summed E-state index contributed by atoms with van der Waals surface area (Å²) in [5, 5.41) is 2.65. The molecule has 0 aromatic carbocycles. The molecule has 1 amide bonds. The second kappa shape index (κ2) is 7.58. The maximum absolute atomic E-state index is 11.8. The summed E-state index contributed by atoms with van der Waals surface area (Å²) in [5.41, 5.74) is -0.576. The number of alkyl halides is 1. The van der Waals surface area contributed by atoms with Crippen LogP contribution < -0.4 is 5.32 Å². The maximum Gasteiger partial charge on any atom is 0.407 e. The van der Waals surface area contributed by atoms with E-state index < -0.39 is 29.6 Å². The molecular weight excluding hydrogens is 270 g/mol. The second-order valence-corrected chi connectivity index (χ2v) is 6.00. The number of hydrogen-bond acceptors (Lipinski definition) is 4. The predicted molar refractivity (Wildman–Crippen MR) is 74.0 cm³/mol. The van der Waals surface area contributed by atoms with Gasteiger partial charge in [-0.25, -0.2) is 4.79 Å². The van der Waals surface area contributed by atoms with Crippen molar-refractivity contribution in [3.8, 4) is 0 Å². The monoisotopic (exact) mass is 293 g/mol. The Hall–Kier alpha value is -0.970. The van der Waals surface area contributed by atoms with E-state index in [9.17, 15) is 9.59 Å². The van der Waals surface area contributed by atoms with Crippen molar-refractivity contribution in [1.29, 1.82) is 0 Å². The van der Waals surface area contributed by atoms with Crippen LogP contribution in [0.1, 0.15) is 41.5 Å². The number of ether oxygens (including phenoxy) is 2. The largest absolute Gasteiger partial charge is 0.449 e. The molecule has 0 aliphatic carbocycles. The molecule has 0 aliphatic rings. The van der Waals surface area contributed by atoms with E-state index in [1.54, 1.807) is 27.7 Å². The Morgan fingerprint density at radius 1 is 1.21 bits per heavy atom. The van der Waals surface area contributed by atoms with Crippen LogP contribution in [0.4, 0.5) is 4.79 Å². The summed E-state index contributed by atoms with van der Waals surface area (Å²) < 4.78 is 9.95. The van der Waals surface area contributed by atoms with Crippen LogP contribution in [0.15, 0.2) is 0 Å². The average molecular weight is 294 g/mol. The van der Waals surface area contributed by atoms with E-state index in [1.807, 2.05) is 13.8 Å². The van der Waals surface area contributed by atoms with Gasteiger partial charge in [-0.1, -0.05) is 25.4 Å². The number of nitrogens with one attached hydrogen (secondary N) is 1. The van der Waals surface area contributed by atoms with E-state index in [-0.39, 0.29) is 12.0 Å². The zero-order chi connectivity index (χ0) is 15.2. The van der Waals surface area contributed by atoms with E-state index in [0.29, 0.717) is 0 Å². The van der Waals surface area contributed by atoms with Crippen LogP contribution in [0.5, 0.6) is 0 Å². The van der Waals surface area contributed by atoms with Crippen LogP contribution in [0.3, 0.4) is 0 Å². The first-order valence-corrected chi connectivity index (χ1v) is 6.84. The molecule has 112 valence electrons. The third-order valence-electron chi connectivity index (χ3n) is 2.47. The van der Waals surface area contributed by atoms with Crippen molar-refractivity contribution >= 4 is 23.7 Å². The third kappa shape index (κ3) is 7.25. The minimum Gasteiger partial charge on any atom is -0.449 e. The number of hydrogen-bond donors (Lipinski definition) is 1. The Kier molecular flexibility index (Phi) is 7.19. The van der Waals surface area contributed by atoms with Crippen LogP contribution in [-0.2, 0) is 14.3 Å². The smallest absolute Gasteiger partial charge is 0.407 e. The van der Waals surface area contributed by atoms with Gasteiger partial charge in [-0.3, -0.25) is 4.79 Å². The van der Waals surface area contributed by atoms with Crippen molar-refractivity contribution in [1.82, 2.24) is 5.32 Å². The highest BCUT2D eigenvalue weighted by molar-refractivity contribution is 6.17. The highest BCUT2D eigenvalue weighted by Crippen LogP contribution is 2.18. The minimum absolute atomic E-state index is 0.0145. The van der Waals surface area contributed by atoms with Crippen LogP contribution >= 0.6 is 11.6 Å². The van der Waals surface area contributed by atoms with Gasteiger partial charge in [0, 0.05) is 6.04 Å². The van der Waals surface area contributed by atoms with Gasteiger partial charge < -0.3 is 14.8 Å². The number of alkyl carbamates (subject to hydrolysis) is 1. The number of carbonyl (C=O) groups excluding carboxylic acids is 2. The summed E-state index contributed by atoms with van der Waals surface area (Å²) in [4.78, 5) is 23.5. The Balaban J connectivity index is 4.61. The topological polar surface area (TPSA) is 64.6 Å². The van der Waals surface area contributed by atoms with E-state index in [4.69, 9.17) is 21.1 Å². The third-order valence-corrected chi connectivity index (χ3v) is 2.58. The molecule has 1 N–H and O–H groups in total. The molecule has 0 radical (unpaired) electrons. The molecule has 0 aromatic heterocycles. The van der Waals surface area contributed by atoms with E-state index in [1.165, 1.54) is 0 Å². The van der Waals surface area contributed by atoms with Gasteiger partial charge in [-0.15, -0.1) is 0 Å². The molecular formula is C13H24ClNO4. The summed E-state index contributed by atoms with van der Waals surface area (Å²) >= 11 is 5.39. The first-order chi connectivity index (χ1) is 8.58. The summed E-state index contributed by atoms with van der Waals surface area (Å²) in [5.74, 6) is -0.875. The molecule has 0 rings (SSSR count). The van der Waals surface area contributed by atoms with Crippen molar-refractivity contribution < 1.29 is 19.1 Å². The Labute approximate surface area is 120 Å². The zero-order valence-corrected chi connectivity index (χ0v) is 13.2. The lowest BCUT2D eigenvalue weighted by Crippen LogP contribution is -2.45. The number of halogens is 1. The quantitative estimate of drug-likeness (QED) is 0.625. The first kappa shape index (κ1) is 18.0. The Morgan fingerprint density at radius 3 is 2.11 bits per heavy atom. The second-order valence-electron chi connectivity index (χ2n) is 5.78. The zero-order valence-electron chi connectivity index (χ0n) is 12.5. The molecule has 0 saturated carbocycles. The first-order valence-electron chi connectivity index (χ1n) is 6.30. The molecule has 0 fully saturated rings. The maximum atomic E-state index is 11.8. The van der Waals surface area contributed by atoms with Crippen molar-refractivity contribution in [2.45, 2.75) is 53.2 Å². The average Bonchev–Trinajstić information content (AvgIpc) is 2.12. The van der Waals surface area contributed by atoms with E-state index in [0.717, 1.165) is 0 Å². The lowest BCUT2D eigenvalue weighted by Gasteiger charge is -2.27. The van der Waals surface area contributed by atoms with Crippen molar-refractivity contribution in [3.63, 3.8) is 0 Å². The fraction of sp³-hybridized carbons (Fsp3) is 0.846. The number of amides is 1. The molecule has 5 nitrogen and oxygen atoms in total. The lowest BCUT2D eigenvalue weighted by molar-refractivity contribution is -0.149. The molecule has 2 unspecified atom stereocenters. The molecule has 2 atom stereocenters. The Morgan fingerprint density at radius 2 is 1.74 bits per heavy atom. The number of rotatable bonds is 5. The van der Waals surface area contributed by atoms with Gasteiger partial charge >= 0.3 is 12.1 Å². The van der Waals surface area contributed by atoms with Gasteiger partial charge in [0.05, 0.1) is 5.92 Å². The fourth-order valence-corrected chi connectivity index (χ4v) is 1.89. The molecule has 0 heterocycles. The predicted octanol–water partition coefficient (Wildman–Crippen LogP) is 2.91. The molecule has 0 aromatic rings. The van der Waals surface area contributed by atoms with Gasteiger partial charge in [0.2, 0.25) is 0 Å². The highest BCUT2D eigenvalue weighted by atomic mass is 35.5. The van der Waals surface area contributed by atoms with Gasteiger partial charge in [0.1, 0.15) is 5.60 Å². The normalized spacial score (nSPS) is 14.7. The van der Waals surface area contributed by atoms with Crippen molar-refractivity contribution in [2.24, 2.45) is 11.8 Å². The minimum atomic E-state index is -0.576. The molecule has 6 heteroatoms. The van der Waals surface area contributed by atoms with E-state index >= 15 is 0 Å².